The van der Waals surface area contributed by atoms with E-state index in [-0.39, 0.29) is 23.2 Å². The van der Waals surface area contributed by atoms with Gasteiger partial charge in [-0.3, -0.25) is 4.79 Å². The predicted octanol–water partition coefficient (Wildman–Crippen LogP) is 3.09. The van der Waals surface area contributed by atoms with E-state index in [2.05, 4.69) is 10.1 Å². The Morgan fingerprint density at radius 3 is 2.76 bits per heavy atom. The molecule has 5 heteroatoms. The molecule has 0 atom stereocenters. The second-order valence-corrected chi connectivity index (χ2v) is 4.74. The summed E-state index contributed by atoms with van der Waals surface area (Å²) in [6.07, 6.45) is 0. The summed E-state index contributed by atoms with van der Waals surface area (Å²) < 4.78 is 18.2. The fourth-order valence-corrected chi connectivity index (χ4v) is 1.48. The van der Waals surface area contributed by atoms with Crippen LogP contribution >= 0.6 is 11.6 Å². The molecule has 0 spiro atoms. The third-order valence-corrected chi connectivity index (χ3v) is 2.70. The number of ether oxygens (including phenoxy) is 1. The molecule has 3 nitrogen and oxygen atoms in total. The van der Waals surface area contributed by atoms with Crippen LogP contribution in [-0.4, -0.2) is 19.6 Å². The summed E-state index contributed by atoms with van der Waals surface area (Å²) in [6, 6.07) is 4.67. The van der Waals surface area contributed by atoms with E-state index in [4.69, 9.17) is 11.6 Å². The number of methoxy groups -OCH3 is 1. The third kappa shape index (κ3) is 3.33. The predicted molar refractivity (Wildman–Crippen MR) is 65.7 cm³/mol. The molecule has 1 rings (SSSR count). The zero-order chi connectivity index (χ0) is 13.1. The first-order valence-corrected chi connectivity index (χ1v) is 5.52. The molecule has 0 unspecified atom stereocenters. The highest BCUT2D eigenvalue weighted by Gasteiger charge is 2.28. The average Bonchev–Trinajstić information content (AvgIpc) is 2.30. The van der Waals surface area contributed by atoms with Crippen LogP contribution in [0.5, 0.6) is 0 Å². The highest BCUT2D eigenvalue weighted by Crippen LogP contribution is 2.24. The molecule has 0 aliphatic rings. The molecule has 1 aromatic rings. The SMILES string of the molecule is COC(=O)C(C)(C)CNc1cccc(Cl)c1F. The van der Waals surface area contributed by atoms with Crippen LogP contribution in [0.15, 0.2) is 18.2 Å². The molecule has 0 saturated carbocycles. The second kappa shape index (κ2) is 5.36. The number of benzene rings is 1. The minimum absolute atomic E-state index is 0.0471. The van der Waals surface area contributed by atoms with Gasteiger partial charge in [0.1, 0.15) is 0 Å². The summed E-state index contributed by atoms with van der Waals surface area (Å²) in [4.78, 5) is 11.4. The molecule has 0 bridgehead atoms. The molecule has 0 aliphatic carbocycles. The van der Waals surface area contributed by atoms with Gasteiger partial charge in [-0.05, 0) is 26.0 Å². The average molecular weight is 260 g/mol. The smallest absolute Gasteiger partial charge is 0.313 e. The van der Waals surface area contributed by atoms with E-state index >= 15 is 0 Å². The maximum atomic E-state index is 13.5. The van der Waals surface area contributed by atoms with Gasteiger partial charge in [0.05, 0.1) is 23.2 Å². The summed E-state index contributed by atoms with van der Waals surface area (Å²) in [7, 11) is 1.32. The molecule has 1 aromatic carbocycles. The first kappa shape index (κ1) is 13.8. The lowest BCUT2D eigenvalue weighted by Crippen LogP contribution is -2.33. The Bertz CT molecular complexity index is 421. The molecular weight excluding hydrogens is 245 g/mol. The van der Waals surface area contributed by atoms with Crippen molar-refractivity contribution in [2.45, 2.75) is 13.8 Å². The largest absolute Gasteiger partial charge is 0.469 e. The first-order valence-electron chi connectivity index (χ1n) is 5.15. The Hall–Kier alpha value is -1.29. The van der Waals surface area contributed by atoms with Gasteiger partial charge in [-0.2, -0.15) is 0 Å². The van der Waals surface area contributed by atoms with Crippen molar-refractivity contribution in [2.75, 3.05) is 19.0 Å². The van der Waals surface area contributed by atoms with Crippen molar-refractivity contribution in [1.29, 1.82) is 0 Å². The highest BCUT2D eigenvalue weighted by atomic mass is 35.5. The lowest BCUT2D eigenvalue weighted by molar-refractivity contribution is -0.149. The number of halogens is 2. The minimum Gasteiger partial charge on any atom is -0.469 e. The number of carbonyl (C=O) groups excluding carboxylic acids is 1. The van der Waals surface area contributed by atoms with Crippen molar-refractivity contribution < 1.29 is 13.9 Å². The van der Waals surface area contributed by atoms with Gasteiger partial charge in [0.2, 0.25) is 0 Å². The lowest BCUT2D eigenvalue weighted by Gasteiger charge is -2.22. The van der Waals surface area contributed by atoms with Crippen molar-refractivity contribution >= 4 is 23.3 Å². The van der Waals surface area contributed by atoms with Crippen molar-refractivity contribution in [3.8, 4) is 0 Å². The topological polar surface area (TPSA) is 38.3 Å². The van der Waals surface area contributed by atoms with Crippen LogP contribution in [0.25, 0.3) is 0 Å². The summed E-state index contributed by atoms with van der Waals surface area (Å²) >= 11 is 5.65. The fourth-order valence-electron chi connectivity index (χ4n) is 1.30. The molecule has 94 valence electrons. The van der Waals surface area contributed by atoms with Crippen LogP contribution in [0.1, 0.15) is 13.8 Å². The Labute approximate surface area is 105 Å². The number of rotatable bonds is 4. The van der Waals surface area contributed by atoms with Crippen LogP contribution in [0, 0.1) is 11.2 Å². The number of esters is 1. The highest BCUT2D eigenvalue weighted by molar-refractivity contribution is 6.31. The number of anilines is 1. The van der Waals surface area contributed by atoms with Gasteiger partial charge in [-0.25, -0.2) is 4.39 Å². The Morgan fingerprint density at radius 2 is 2.18 bits per heavy atom. The normalized spacial score (nSPS) is 11.1. The van der Waals surface area contributed by atoms with Gasteiger partial charge in [-0.15, -0.1) is 0 Å². The molecule has 0 amide bonds. The van der Waals surface area contributed by atoms with Crippen molar-refractivity contribution in [2.24, 2.45) is 5.41 Å². The summed E-state index contributed by atoms with van der Waals surface area (Å²) in [5, 5.41) is 2.90. The Morgan fingerprint density at radius 1 is 1.53 bits per heavy atom. The van der Waals surface area contributed by atoms with E-state index in [0.29, 0.717) is 0 Å². The van der Waals surface area contributed by atoms with Gasteiger partial charge in [0.25, 0.3) is 0 Å². The van der Waals surface area contributed by atoms with Crippen LogP contribution in [0.4, 0.5) is 10.1 Å². The molecule has 0 heterocycles. The summed E-state index contributed by atoms with van der Waals surface area (Å²) in [5.41, 5.74) is -0.460. The van der Waals surface area contributed by atoms with Crippen LogP contribution in [-0.2, 0) is 9.53 Å². The zero-order valence-electron chi connectivity index (χ0n) is 10.0. The number of carbonyl (C=O) groups is 1. The van der Waals surface area contributed by atoms with Gasteiger partial charge in [-0.1, -0.05) is 17.7 Å². The van der Waals surface area contributed by atoms with Gasteiger partial charge in [0.15, 0.2) is 5.82 Å². The molecule has 0 saturated heterocycles. The van der Waals surface area contributed by atoms with Gasteiger partial charge in [0, 0.05) is 6.54 Å². The molecule has 1 N–H and O–H groups in total. The second-order valence-electron chi connectivity index (χ2n) is 4.33. The standard InChI is InChI=1S/C12H15ClFNO2/c1-12(2,11(16)17-3)7-15-9-6-4-5-8(13)10(9)14/h4-6,15H,7H2,1-3H3. The number of hydrogen-bond donors (Lipinski definition) is 1. The van der Waals surface area contributed by atoms with Gasteiger partial charge < -0.3 is 10.1 Å². The zero-order valence-corrected chi connectivity index (χ0v) is 10.8. The quantitative estimate of drug-likeness (QED) is 0.845. The Kier molecular flexibility index (Phi) is 4.34. The number of hydrogen-bond acceptors (Lipinski definition) is 3. The van der Waals surface area contributed by atoms with E-state index in [1.807, 2.05) is 0 Å². The van der Waals surface area contributed by atoms with Crippen molar-refractivity contribution in [1.82, 2.24) is 0 Å². The molecule has 0 fully saturated rings. The van der Waals surface area contributed by atoms with Crippen molar-refractivity contribution in [3.63, 3.8) is 0 Å². The van der Waals surface area contributed by atoms with Crippen molar-refractivity contribution in [3.05, 3.63) is 29.0 Å². The molecule has 0 aliphatic heterocycles. The first-order chi connectivity index (χ1) is 7.88. The lowest BCUT2D eigenvalue weighted by atomic mass is 9.93. The third-order valence-electron chi connectivity index (χ3n) is 2.41. The van der Waals surface area contributed by atoms with E-state index in [1.165, 1.54) is 13.2 Å². The molecule has 17 heavy (non-hydrogen) atoms. The Balaban J connectivity index is 2.74. The maximum Gasteiger partial charge on any atom is 0.313 e. The van der Waals surface area contributed by atoms with Crippen LogP contribution in [0.2, 0.25) is 5.02 Å². The molecule has 0 aromatic heterocycles. The fraction of sp³-hybridized carbons (Fsp3) is 0.417. The molecular formula is C12H15ClFNO2. The van der Waals surface area contributed by atoms with Crippen LogP contribution < -0.4 is 5.32 Å². The summed E-state index contributed by atoms with van der Waals surface area (Å²) in [5.74, 6) is -0.873. The molecule has 0 radical (unpaired) electrons. The maximum absolute atomic E-state index is 13.5. The monoisotopic (exact) mass is 259 g/mol. The van der Waals surface area contributed by atoms with E-state index in [9.17, 15) is 9.18 Å². The number of nitrogens with one attached hydrogen (secondary N) is 1. The van der Waals surface area contributed by atoms with E-state index in [1.54, 1.807) is 26.0 Å². The minimum atomic E-state index is -0.733. The van der Waals surface area contributed by atoms with E-state index < -0.39 is 11.2 Å². The summed E-state index contributed by atoms with van der Waals surface area (Å²) in [6.45, 7) is 3.69. The van der Waals surface area contributed by atoms with Crippen LogP contribution in [0.3, 0.4) is 0 Å². The van der Waals surface area contributed by atoms with E-state index in [0.717, 1.165) is 0 Å². The van der Waals surface area contributed by atoms with Gasteiger partial charge >= 0.3 is 5.97 Å².